The van der Waals surface area contributed by atoms with E-state index < -0.39 is 5.91 Å². The number of amides is 3. The van der Waals surface area contributed by atoms with Gasteiger partial charge in [-0.05, 0) is 54.4 Å². The van der Waals surface area contributed by atoms with Crippen molar-refractivity contribution in [1.29, 1.82) is 0 Å². The summed E-state index contributed by atoms with van der Waals surface area (Å²) in [6.07, 6.45) is 5.33. The molecule has 6 heteroatoms. The van der Waals surface area contributed by atoms with Crippen molar-refractivity contribution in [3.05, 3.63) is 47.0 Å². The molecule has 1 aromatic carbocycles. The molecule has 24 heavy (non-hydrogen) atoms. The number of rotatable bonds is 2. The van der Waals surface area contributed by atoms with Gasteiger partial charge in [0.25, 0.3) is 17.7 Å². The van der Waals surface area contributed by atoms with Crippen molar-refractivity contribution in [2.75, 3.05) is 0 Å². The van der Waals surface area contributed by atoms with Crippen molar-refractivity contribution >= 4 is 29.3 Å². The number of imide groups is 1. The molecule has 5 nitrogen and oxygen atoms in total. The Morgan fingerprint density at radius 2 is 1.54 bits per heavy atom. The van der Waals surface area contributed by atoms with E-state index in [1.807, 2.05) is 0 Å². The lowest BCUT2D eigenvalue weighted by atomic mass is 9.63. The first-order chi connectivity index (χ1) is 11.6. The summed E-state index contributed by atoms with van der Waals surface area (Å²) in [5.41, 5.74) is 2.85. The molecule has 1 saturated heterocycles. The van der Waals surface area contributed by atoms with E-state index in [1.165, 1.54) is 0 Å². The van der Waals surface area contributed by atoms with Gasteiger partial charge in [0.2, 0.25) is 0 Å². The Bertz CT molecular complexity index is 767. The number of halogens is 1. The maximum atomic E-state index is 12.8. The highest BCUT2D eigenvalue weighted by atomic mass is 35.5. The second-order valence-corrected chi connectivity index (χ2v) is 7.55. The van der Waals surface area contributed by atoms with Crippen LogP contribution in [0.5, 0.6) is 0 Å². The predicted octanol–water partition coefficient (Wildman–Crippen LogP) is 2.04. The Balaban J connectivity index is 1.40. The highest BCUT2D eigenvalue weighted by Crippen LogP contribution is 2.65. The van der Waals surface area contributed by atoms with E-state index in [-0.39, 0.29) is 35.5 Å². The Kier molecular flexibility index (Phi) is 2.78. The van der Waals surface area contributed by atoms with Crippen LogP contribution in [-0.4, -0.2) is 22.7 Å². The van der Waals surface area contributed by atoms with Crippen LogP contribution in [0.2, 0.25) is 5.02 Å². The summed E-state index contributed by atoms with van der Waals surface area (Å²) in [6.45, 7) is 0. The largest absolute Gasteiger partial charge is 0.272 e. The lowest BCUT2D eigenvalue weighted by Gasteiger charge is -2.37. The summed E-state index contributed by atoms with van der Waals surface area (Å²) >= 11 is 5.82. The van der Waals surface area contributed by atoms with Crippen LogP contribution in [0.15, 0.2) is 36.4 Å². The van der Waals surface area contributed by atoms with Crippen LogP contribution in [0.4, 0.5) is 0 Å². The Labute approximate surface area is 143 Å². The van der Waals surface area contributed by atoms with Crippen molar-refractivity contribution in [1.82, 2.24) is 10.4 Å². The summed E-state index contributed by atoms with van der Waals surface area (Å²) in [5.74, 6) is -0.220. The van der Waals surface area contributed by atoms with Crippen LogP contribution >= 0.6 is 11.6 Å². The summed E-state index contributed by atoms with van der Waals surface area (Å²) in [6, 6.07) is 6.33. The quantitative estimate of drug-likeness (QED) is 0.660. The smallest absolute Gasteiger partial charge is 0.270 e. The predicted molar refractivity (Wildman–Crippen MR) is 85.5 cm³/mol. The molecule has 2 bridgehead atoms. The third kappa shape index (κ3) is 1.79. The van der Waals surface area contributed by atoms with Gasteiger partial charge in [0.15, 0.2) is 0 Å². The number of hydrogen-bond acceptors (Lipinski definition) is 3. The first kappa shape index (κ1) is 14.2. The molecule has 6 atom stereocenters. The first-order valence-corrected chi connectivity index (χ1v) is 8.57. The van der Waals surface area contributed by atoms with Gasteiger partial charge >= 0.3 is 0 Å². The third-order valence-corrected chi connectivity index (χ3v) is 6.23. The first-order valence-electron chi connectivity index (χ1n) is 8.19. The van der Waals surface area contributed by atoms with Gasteiger partial charge in [-0.25, -0.2) is 0 Å². The van der Waals surface area contributed by atoms with Crippen LogP contribution in [0.3, 0.4) is 0 Å². The number of nitrogens with one attached hydrogen (secondary N) is 1. The maximum absolute atomic E-state index is 12.8. The van der Waals surface area contributed by atoms with Crippen molar-refractivity contribution in [3.8, 4) is 0 Å². The van der Waals surface area contributed by atoms with Crippen molar-refractivity contribution in [2.24, 2.45) is 35.5 Å². The summed E-state index contributed by atoms with van der Waals surface area (Å²) in [5, 5.41) is 1.47. The zero-order valence-corrected chi connectivity index (χ0v) is 13.4. The van der Waals surface area contributed by atoms with Gasteiger partial charge < -0.3 is 0 Å². The standard InChI is InChI=1S/C18H15ClN2O3/c19-9-3-1-8(2-4-9)16(22)20-21-17(23)14-10-5-6-11(13-7-12(10)13)15(14)18(21)24/h1-6,10-15H,7H2,(H,20,22)/t10-,11-,12-,13+,14+,15-/m1/s1. The minimum atomic E-state index is -0.475. The SMILES string of the molecule is O=C(NN1C(=O)[C@@H]2[C@@H]3C=C[C@H]([C@H]4C[C@@H]34)[C@@H]2C1=O)c1ccc(Cl)cc1. The number of carbonyl (C=O) groups is 3. The molecule has 4 aliphatic carbocycles. The van der Waals surface area contributed by atoms with Gasteiger partial charge in [-0.3, -0.25) is 19.8 Å². The van der Waals surface area contributed by atoms with Gasteiger partial charge in [-0.1, -0.05) is 23.8 Å². The number of allylic oxidation sites excluding steroid dienone is 2. The molecule has 0 unspecified atom stereocenters. The average molecular weight is 343 g/mol. The second kappa shape index (κ2) is 4.70. The number of benzene rings is 1. The van der Waals surface area contributed by atoms with Crippen molar-refractivity contribution in [2.45, 2.75) is 6.42 Å². The van der Waals surface area contributed by atoms with Crippen LogP contribution in [0, 0.1) is 35.5 Å². The van der Waals surface area contributed by atoms with Gasteiger partial charge in [-0.15, -0.1) is 0 Å². The molecule has 1 heterocycles. The lowest BCUT2D eigenvalue weighted by Crippen LogP contribution is -2.46. The van der Waals surface area contributed by atoms with Crippen LogP contribution in [0.25, 0.3) is 0 Å². The van der Waals surface area contributed by atoms with Crippen molar-refractivity contribution in [3.63, 3.8) is 0 Å². The molecule has 0 radical (unpaired) electrons. The number of nitrogens with zero attached hydrogens (tertiary/aromatic N) is 1. The van der Waals surface area contributed by atoms with Crippen LogP contribution in [-0.2, 0) is 9.59 Å². The fourth-order valence-corrected chi connectivity index (χ4v) is 4.96. The second-order valence-electron chi connectivity index (χ2n) is 7.11. The molecule has 2 saturated carbocycles. The molecule has 3 fully saturated rings. The molecule has 5 aliphatic rings. The highest BCUT2D eigenvalue weighted by Gasteiger charge is 2.67. The normalized spacial score (nSPS) is 38.1. The Hall–Kier alpha value is -2.14. The Morgan fingerprint density at radius 3 is 2.08 bits per heavy atom. The van der Waals surface area contributed by atoms with Gasteiger partial charge in [0.05, 0.1) is 11.8 Å². The molecule has 122 valence electrons. The average Bonchev–Trinajstić information content (AvgIpc) is 3.36. The Morgan fingerprint density at radius 1 is 1.00 bits per heavy atom. The van der Waals surface area contributed by atoms with E-state index in [0.717, 1.165) is 11.4 Å². The number of hydrogen-bond donors (Lipinski definition) is 1. The van der Waals surface area contributed by atoms with E-state index in [1.54, 1.807) is 24.3 Å². The van der Waals surface area contributed by atoms with E-state index in [2.05, 4.69) is 17.6 Å². The minimum Gasteiger partial charge on any atom is -0.272 e. The molecule has 6 rings (SSSR count). The molecular formula is C18H15ClN2O3. The van der Waals surface area contributed by atoms with E-state index >= 15 is 0 Å². The van der Waals surface area contributed by atoms with E-state index in [4.69, 9.17) is 11.6 Å². The highest BCUT2D eigenvalue weighted by molar-refractivity contribution is 6.30. The molecule has 1 aliphatic heterocycles. The van der Waals surface area contributed by atoms with Crippen LogP contribution in [0.1, 0.15) is 16.8 Å². The zero-order valence-electron chi connectivity index (χ0n) is 12.7. The van der Waals surface area contributed by atoms with Gasteiger partial charge in [0.1, 0.15) is 0 Å². The molecule has 0 aromatic heterocycles. The minimum absolute atomic E-state index is 0.152. The summed E-state index contributed by atoms with van der Waals surface area (Å²) < 4.78 is 0. The summed E-state index contributed by atoms with van der Waals surface area (Å²) in [7, 11) is 0. The van der Waals surface area contributed by atoms with Gasteiger partial charge in [-0.2, -0.15) is 5.01 Å². The molecule has 3 amide bonds. The molecule has 1 N–H and O–H groups in total. The third-order valence-electron chi connectivity index (χ3n) is 5.98. The van der Waals surface area contributed by atoms with Gasteiger partial charge in [0, 0.05) is 10.6 Å². The van der Waals surface area contributed by atoms with Crippen LogP contribution < -0.4 is 5.43 Å². The lowest BCUT2D eigenvalue weighted by molar-refractivity contribution is -0.143. The fourth-order valence-electron chi connectivity index (χ4n) is 4.83. The number of carbonyl (C=O) groups excluding carboxylic acids is 3. The topological polar surface area (TPSA) is 66.5 Å². The number of hydrazine groups is 1. The molecule has 1 aromatic rings. The maximum Gasteiger partial charge on any atom is 0.270 e. The molecular weight excluding hydrogens is 328 g/mol. The summed E-state index contributed by atoms with van der Waals surface area (Å²) in [4.78, 5) is 37.9. The van der Waals surface area contributed by atoms with E-state index in [0.29, 0.717) is 22.4 Å². The zero-order chi connectivity index (χ0) is 16.6. The van der Waals surface area contributed by atoms with Crippen molar-refractivity contribution < 1.29 is 14.4 Å². The fraction of sp³-hybridized carbons (Fsp3) is 0.389. The van der Waals surface area contributed by atoms with E-state index in [9.17, 15) is 14.4 Å². The monoisotopic (exact) mass is 342 g/mol. The molecule has 0 spiro atoms.